The summed E-state index contributed by atoms with van der Waals surface area (Å²) in [5.74, 6) is 0.263. The SMILES string of the molecule is CC(C)(C)[Si](C)(C)OC[C@H]1[C@@H]2CC(=O)O[C@@H]2C[C@@H]1O[Si](C)(c1ccccc1)c1ccccc1. The number of benzene rings is 2. The average molecular weight is 483 g/mol. The Hall–Kier alpha value is -1.74. The molecule has 6 heteroatoms. The number of carbonyl (C=O) groups excluding carboxylic acids is 1. The largest absolute Gasteiger partial charge is 0.462 e. The van der Waals surface area contributed by atoms with Crippen molar-refractivity contribution in [2.24, 2.45) is 11.8 Å². The summed E-state index contributed by atoms with van der Waals surface area (Å²) in [6.07, 6.45) is 1.19. The highest BCUT2D eigenvalue weighted by atomic mass is 28.4. The van der Waals surface area contributed by atoms with E-state index in [9.17, 15) is 4.79 Å². The Kier molecular flexibility index (Phi) is 6.75. The van der Waals surface area contributed by atoms with Crippen LogP contribution in [-0.4, -0.2) is 41.4 Å². The third kappa shape index (κ3) is 4.90. The molecule has 1 saturated heterocycles. The van der Waals surface area contributed by atoms with Crippen LogP contribution in [0.1, 0.15) is 33.6 Å². The molecule has 0 amide bonds. The topological polar surface area (TPSA) is 44.8 Å². The van der Waals surface area contributed by atoms with E-state index in [2.05, 4.69) is 101 Å². The van der Waals surface area contributed by atoms with Crippen molar-refractivity contribution in [1.82, 2.24) is 0 Å². The number of hydrogen-bond acceptors (Lipinski definition) is 4. The third-order valence-corrected chi connectivity index (χ3v) is 16.3. The van der Waals surface area contributed by atoms with E-state index in [1.807, 2.05) is 0 Å². The van der Waals surface area contributed by atoms with Crippen LogP contribution in [0.4, 0.5) is 0 Å². The first-order valence-electron chi connectivity index (χ1n) is 12.1. The fraction of sp³-hybridized carbons (Fsp3) is 0.519. The lowest BCUT2D eigenvalue weighted by Gasteiger charge is -2.39. The van der Waals surface area contributed by atoms with Crippen molar-refractivity contribution in [3.8, 4) is 0 Å². The number of carbonyl (C=O) groups is 1. The maximum Gasteiger partial charge on any atom is 0.306 e. The minimum atomic E-state index is -2.47. The Labute approximate surface area is 200 Å². The van der Waals surface area contributed by atoms with Crippen molar-refractivity contribution in [3.63, 3.8) is 0 Å². The fourth-order valence-electron chi connectivity index (χ4n) is 4.96. The summed E-state index contributed by atoms with van der Waals surface area (Å²) in [4.78, 5) is 12.1. The Bertz CT molecular complexity index is 916. The molecule has 4 nitrogen and oxygen atoms in total. The minimum Gasteiger partial charge on any atom is -0.462 e. The second-order valence-electron chi connectivity index (χ2n) is 11.3. The summed E-state index contributed by atoms with van der Waals surface area (Å²) in [5.41, 5.74) is 0. The molecule has 1 aliphatic carbocycles. The van der Waals surface area contributed by atoms with Crippen LogP contribution in [0.15, 0.2) is 60.7 Å². The van der Waals surface area contributed by atoms with Gasteiger partial charge in [-0.15, -0.1) is 0 Å². The maximum absolute atomic E-state index is 12.1. The van der Waals surface area contributed by atoms with E-state index >= 15 is 0 Å². The van der Waals surface area contributed by atoms with Gasteiger partial charge in [-0.05, 0) is 35.1 Å². The monoisotopic (exact) mass is 482 g/mol. The number of esters is 1. The van der Waals surface area contributed by atoms with E-state index in [1.165, 1.54) is 10.4 Å². The second-order valence-corrected chi connectivity index (χ2v) is 19.6. The third-order valence-electron chi connectivity index (χ3n) is 8.13. The van der Waals surface area contributed by atoms with Gasteiger partial charge in [-0.25, -0.2) is 0 Å². The van der Waals surface area contributed by atoms with E-state index in [-0.39, 0.29) is 35.1 Å². The molecule has 33 heavy (non-hydrogen) atoms. The van der Waals surface area contributed by atoms with E-state index < -0.39 is 16.6 Å². The molecule has 2 aromatic rings. The first-order valence-corrected chi connectivity index (χ1v) is 17.5. The normalized spacial score (nSPS) is 25.7. The maximum atomic E-state index is 12.1. The van der Waals surface area contributed by atoms with Crippen molar-refractivity contribution in [2.75, 3.05) is 6.61 Å². The number of fused-ring (bicyclic) bond motifs is 1. The molecule has 2 aromatic carbocycles. The fourth-order valence-corrected chi connectivity index (χ4v) is 9.14. The minimum absolute atomic E-state index is 0.00921. The molecule has 1 aliphatic heterocycles. The van der Waals surface area contributed by atoms with Gasteiger partial charge in [0.2, 0.25) is 0 Å². The van der Waals surface area contributed by atoms with Crippen LogP contribution in [0, 0.1) is 11.8 Å². The van der Waals surface area contributed by atoms with Gasteiger partial charge in [0, 0.05) is 24.9 Å². The van der Waals surface area contributed by atoms with Crippen molar-refractivity contribution in [1.29, 1.82) is 0 Å². The molecule has 1 saturated carbocycles. The zero-order valence-electron chi connectivity index (χ0n) is 20.8. The Morgan fingerprint density at radius 1 is 0.939 bits per heavy atom. The van der Waals surface area contributed by atoms with Gasteiger partial charge in [-0.2, -0.15) is 0 Å². The van der Waals surface area contributed by atoms with Crippen LogP contribution >= 0.6 is 0 Å². The Morgan fingerprint density at radius 2 is 1.48 bits per heavy atom. The molecule has 0 spiro atoms. The first-order chi connectivity index (χ1) is 15.5. The first kappa shape index (κ1) is 24.4. The molecule has 0 bridgehead atoms. The zero-order chi connectivity index (χ0) is 23.9. The van der Waals surface area contributed by atoms with Crippen LogP contribution in [0.25, 0.3) is 0 Å². The summed E-state index contributed by atoms with van der Waals surface area (Å²) in [6.45, 7) is 14.3. The average Bonchev–Trinajstić information content (AvgIpc) is 3.28. The van der Waals surface area contributed by atoms with E-state index in [0.717, 1.165) is 6.42 Å². The van der Waals surface area contributed by atoms with Gasteiger partial charge in [0.25, 0.3) is 8.32 Å². The van der Waals surface area contributed by atoms with Gasteiger partial charge in [-0.1, -0.05) is 81.4 Å². The molecule has 1 heterocycles. The summed E-state index contributed by atoms with van der Waals surface area (Å²) in [6, 6.07) is 21.2. The molecule has 4 rings (SSSR count). The predicted molar refractivity (Wildman–Crippen MR) is 138 cm³/mol. The Morgan fingerprint density at radius 3 is 2.00 bits per heavy atom. The van der Waals surface area contributed by atoms with Gasteiger partial charge >= 0.3 is 5.97 Å². The van der Waals surface area contributed by atoms with Crippen LogP contribution in [0.3, 0.4) is 0 Å². The molecule has 4 atom stereocenters. The summed E-state index contributed by atoms with van der Waals surface area (Å²) >= 11 is 0. The lowest BCUT2D eigenvalue weighted by atomic mass is 9.93. The molecule has 0 unspecified atom stereocenters. The lowest BCUT2D eigenvalue weighted by Crippen LogP contribution is -2.60. The van der Waals surface area contributed by atoms with E-state index in [1.54, 1.807) is 0 Å². The van der Waals surface area contributed by atoms with Crippen LogP contribution in [-0.2, 0) is 18.4 Å². The van der Waals surface area contributed by atoms with Crippen LogP contribution in [0.2, 0.25) is 24.7 Å². The number of rotatable bonds is 7. The van der Waals surface area contributed by atoms with Gasteiger partial charge in [0.15, 0.2) is 8.32 Å². The van der Waals surface area contributed by atoms with Crippen molar-refractivity contribution in [2.45, 2.75) is 70.5 Å². The number of hydrogen-bond donors (Lipinski definition) is 0. The molecule has 178 valence electrons. The highest BCUT2D eigenvalue weighted by molar-refractivity contribution is 6.96. The van der Waals surface area contributed by atoms with Crippen molar-refractivity contribution < 1.29 is 18.4 Å². The predicted octanol–water partition coefficient (Wildman–Crippen LogP) is 4.73. The zero-order valence-corrected chi connectivity index (χ0v) is 22.8. The van der Waals surface area contributed by atoms with Crippen LogP contribution in [0.5, 0.6) is 0 Å². The molecule has 0 N–H and O–H groups in total. The molecule has 2 aliphatic rings. The van der Waals surface area contributed by atoms with E-state index in [4.69, 9.17) is 13.6 Å². The second kappa shape index (κ2) is 9.14. The molecule has 0 aromatic heterocycles. The summed E-state index contributed by atoms with van der Waals surface area (Å²) in [7, 11) is -4.39. The molecule has 0 radical (unpaired) electrons. The lowest BCUT2D eigenvalue weighted by molar-refractivity contribution is -0.141. The van der Waals surface area contributed by atoms with Gasteiger partial charge in [0.05, 0.1) is 12.5 Å². The highest BCUT2D eigenvalue weighted by Gasteiger charge is 2.53. The quantitative estimate of drug-likeness (QED) is 0.423. The number of ether oxygens (including phenoxy) is 1. The Balaban J connectivity index is 1.64. The van der Waals surface area contributed by atoms with Gasteiger partial charge in [0.1, 0.15) is 6.10 Å². The molecule has 2 fully saturated rings. The molecular formula is C27H38O4Si2. The standard InChI is InChI=1S/C27H38O4Si2/c1-27(2,3)32(4,5)29-19-23-22-17-26(28)30-24(22)18-25(23)31-33(6,20-13-9-7-10-14-20)21-15-11-8-12-16-21/h7-16,22-25H,17-19H2,1-6H3/t22-,23-,24+,25-/m0/s1. The smallest absolute Gasteiger partial charge is 0.306 e. The van der Waals surface area contributed by atoms with Crippen LogP contribution < -0.4 is 10.4 Å². The summed E-state index contributed by atoms with van der Waals surface area (Å²) in [5, 5.41) is 2.66. The van der Waals surface area contributed by atoms with Crippen molar-refractivity contribution >= 4 is 33.0 Å². The van der Waals surface area contributed by atoms with E-state index in [0.29, 0.717) is 13.0 Å². The van der Waals surface area contributed by atoms with Gasteiger partial charge in [-0.3, -0.25) is 4.79 Å². The van der Waals surface area contributed by atoms with Crippen molar-refractivity contribution in [3.05, 3.63) is 60.7 Å². The highest BCUT2D eigenvalue weighted by Crippen LogP contribution is 2.45. The summed E-state index contributed by atoms with van der Waals surface area (Å²) < 4.78 is 19.6. The van der Waals surface area contributed by atoms with Gasteiger partial charge < -0.3 is 13.6 Å². The molecular weight excluding hydrogens is 444 g/mol.